The first-order chi connectivity index (χ1) is 3.81. The molecule has 0 aromatic carbocycles. The number of alkyl halides is 1. The van der Waals surface area contributed by atoms with Gasteiger partial charge in [0, 0.05) is 0 Å². The summed E-state index contributed by atoms with van der Waals surface area (Å²) in [6.07, 6.45) is 3.04. The van der Waals surface area contributed by atoms with E-state index in [4.69, 9.17) is 0 Å². The van der Waals surface area contributed by atoms with E-state index in [2.05, 4.69) is 6.92 Å². The van der Waals surface area contributed by atoms with E-state index >= 15 is 0 Å². The highest BCUT2D eigenvalue weighted by Crippen LogP contribution is 2.06. The predicted octanol–water partition coefficient (Wildman–Crippen LogP) is 2.92. The Kier molecular flexibility index (Phi) is 5.03. The van der Waals surface area contributed by atoms with E-state index < -0.39 is 6.17 Å². The van der Waals surface area contributed by atoms with Gasteiger partial charge in [-0.15, -0.1) is 0 Å². The van der Waals surface area contributed by atoms with Crippen LogP contribution >= 0.6 is 0 Å². The molecular formula is C7H15F. The van der Waals surface area contributed by atoms with E-state index in [0.717, 1.165) is 19.3 Å². The lowest BCUT2D eigenvalue weighted by molar-refractivity contribution is 0.299. The van der Waals surface area contributed by atoms with Gasteiger partial charge >= 0.3 is 0 Å². The van der Waals surface area contributed by atoms with Crippen molar-refractivity contribution in [3.05, 3.63) is 0 Å². The van der Waals surface area contributed by atoms with Gasteiger partial charge in [-0.1, -0.05) is 26.7 Å². The molecule has 0 aliphatic heterocycles. The smallest absolute Gasteiger partial charge is 0.0999 e. The Morgan fingerprint density at radius 3 is 2.38 bits per heavy atom. The van der Waals surface area contributed by atoms with Crippen LogP contribution < -0.4 is 0 Å². The van der Waals surface area contributed by atoms with E-state index in [1.165, 1.54) is 0 Å². The minimum Gasteiger partial charge on any atom is -0.248 e. The second-order valence-corrected chi connectivity index (χ2v) is 2.15. The van der Waals surface area contributed by atoms with Crippen LogP contribution in [0, 0.1) is 0 Å². The van der Waals surface area contributed by atoms with Crippen LogP contribution in [0.25, 0.3) is 0 Å². The monoisotopic (exact) mass is 118 g/mol. The number of hydrogen-bond donors (Lipinski definition) is 0. The molecule has 1 heteroatoms. The Morgan fingerprint density at radius 2 is 2.00 bits per heavy atom. The molecule has 0 saturated carbocycles. The molecule has 0 radical (unpaired) electrons. The average molecular weight is 118 g/mol. The standard InChI is InChI=1S/C7H15F/c1-3-5-6-7(8)4-2/h7H,3-6H2,1-2H3/t7-/m0/s1. The van der Waals surface area contributed by atoms with Crippen LogP contribution in [0.2, 0.25) is 0 Å². The molecule has 0 nitrogen and oxygen atoms in total. The highest BCUT2D eigenvalue weighted by atomic mass is 19.1. The minimum absolute atomic E-state index is 0.546. The fraction of sp³-hybridized carbons (Fsp3) is 1.00. The van der Waals surface area contributed by atoms with Gasteiger partial charge in [0.2, 0.25) is 0 Å². The Labute approximate surface area is 51.1 Å². The summed E-state index contributed by atoms with van der Waals surface area (Å²) in [4.78, 5) is 0. The third-order valence-electron chi connectivity index (χ3n) is 1.31. The highest BCUT2D eigenvalue weighted by molar-refractivity contribution is 4.50. The van der Waals surface area contributed by atoms with Gasteiger partial charge in [-0.2, -0.15) is 0 Å². The van der Waals surface area contributed by atoms with Crippen molar-refractivity contribution in [2.24, 2.45) is 0 Å². The fourth-order valence-electron chi connectivity index (χ4n) is 0.630. The minimum atomic E-state index is -0.546. The predicted molar refractivity (Wildman–Crippen MR) is 34.7 cm³/mol. The molecule has 0 bridgehead atoms. The second-order valence-electron chi connectivity index (χ2n) is 2.15. The maximum absolute atomic E-state index is 12.3. The van der Waals surface area contributed by atoms with Crippen LogP contribution in [0.15, 0.2) is 0 Å². The zero-order valence-electron chi connectivity index (χ0n) is 5.78. The maximum Gasteiger partial charge on any atom is 0.0999 e. The average Bonchev–Trinajstić information content (AvgIpc) is 1.83. The summed E-state index contributed by atoms with van der Waals surface area (Å²) in [5, 5.41) is 0. The van der Waals surface area contributed by atoms with Crippen LogP contribution in [0.4, 0.5) is 4.39 Å². The zero-order valence-corrected chi connectivity index (χ0v) is 5.78. The lowest BCUT2D eigenvalue weighted by Gasteiger charge is -2.00. The van der Waals surface area contributed by atoms with Crippen LogP contribution in [0.5, 0.6) is 0 Å². The molecule has 50 valence electrons. The number of unbranched alkanes of at least 4 members (excludes halogenated alkanes) is 1. The van der Waals surface area contributed by atoms with Gasteiger partial charge in [-0.05, 0) is 12.8 Å². The molecule has 0 heterocycles. The normalized spacial score (nSPS) is 13.9. The Balaban J connectivity index is 2.86. The summed E-state index contributed by atoms with van der Waals surface area (Å²) in [6.45, 7) is 3.97. The third-order valence-corrected chi connectivity index (χ3v) is 1.31. The van der Waals surface area contributed by atoms with Crippen LogP contribution in [0.3, 0.4) is 0 Å². The molecule has 8 heavy (non-hydrogen) atoms. The number of halogens is 1. The zero-order chi connectivity index (χ0) is 6.41. The molecule has 0 aliphatic carbocycles. The van der Waals surface area contributed by atoms with Crippen LogP contribution in [0.1, 0.15) is 39.5 Å². The van der Waals surface area contributed by atoms with Crippen molar-refractivity contribution >= 4 is 0 Å². The van der Waals surface area contributed by atoms with Crippen molar-refractivity contribution < 1.29 is 4.39 Å². The lowest BCUT2D eigenvalue weighted by atomic mass is 10.1. The van der Waals surface area contributed by atoms with E-state index in [1.54, 1.807) is 0 Å². The third kappa shape index (κ3) is 4.10. The molecular weight excluding hydrogens is 103 g/mol. The Morgan fingerprint density at radius 1 is 1.38 bits per heavy atom. The summed E-state index contributed by atoms with van der Waals surface area (Å²) < 4.78 is 12.3. The van der Waals surface area contributed by atoms with Gasteiger partial charge in [-0.3, -0.25) is 0 Å². The first-order valence-electron chi connectivity index (χ1n) is 3.45. The molecule has 1 atom stereocenters. The first-order valence-corrected chi connectivity index (χ1v) is 3.45. The van der Waals surface area contributed by atoms with Crippen molar-refractivity contribution in [2.45, 2.75) is 45.7 Å². The molecule has 0 aromatic heterocycles. The SMILES string of the molecule is CCCC[C@@H](F)CC. The molecule has 0 aromatic rings. The van der Waals surface area contributed by atoms with Crippen molar-refractivity contribution in [2.75, 3.05) is 0 Å². The fourth-order valence-corrected chi connectivity index (χ4v) is 0.630. The lowest BCUT2D eigenvalue weighted by Crippen LogP contribution is -1.95. The molecule has 0 spiro atoms. The largest absolute Gasteiger partial charge is 0.248 e. The maximum atomic E-state index is 12.3. The van der Waals surface area contributed by atoms with E-state index in [-0.39, 0.29) is 0 Å². The van der Waals surface area contributed by atoms with E-state index in [1.807, 2.05) is 6.92 Å². The van der Waals surface area contributed by atoms with E-state index in [9.17, 15) is 4.39 Å². The van der Waals surface area contributed by atoms with Crippen molar-refractivity contribution in [3.8, 4) is 0 Å². The van der Waals surface area contributed by atoms with E-state index in [0.29, 0.717) is 6.42 Å². The van der Waals surface area contributed by atoms with Gasteiger partial charge in [-0.25, -0.2) is 4.39 Å². The van der Waals surface area contributed by atoms with Crippen LogP contribution in [-0.2, 0) is 0 Å². The van der Waals surface area contributed by atoms with Gasteiger partial charge < -0.3 is 0 Å². The van der Waals surface area contributed by atoms with Crippen molar-refractivity contribution in [1.82, 2.24) is 0 Å². The quantitative estimate of drug-likeness (QED) is 0.532. The van der Waals surface area contributed by atoms with Crippen LogP contribution in [-0.4, -0.2) is 6.17 Å². The van der Waals surface area contributed by atoms with Crippen molar-refractivity contribution in [1.29, 1.82) is 0 Å². The summed E-state index contributed by atoms with van der Waals surface area (Å²) in [7, 11) is 0. The molecule has 0 unspecified atom stereocenters. The number of rotatable bonds is 4. The summed E-state index contributed by atoms with van der Waals surface area (Å²) in [5.74, 6) is 0. The summed E-state index contributed by atoms with van der Waals surface area (Å²) >= 11 is 0. The molecule has 0 N–H and O–H groups in total. The summed E-state index contributed by atoms with van der Waals surface area (Å²) in [6, 6.07) is 0. The highest BCUT2D eigenvalue weighted by Gasteiger charge is 1.99. The van der Waals surface area contributed by atoms with Gasteiger partial charge in [0.05, 0.1) is 6.17 Å². The van der Waals surface area contributed by atoms with Gasteiger partial charge in [0.1, 0.15) is 0 Å². The topological polar surface area (TPSA) is 0 Å². The molecule has 0 rings (SSSR count). The number of hydrogen-bond acceptors (Lipinski definition) is 0. The Bertz CT molecular complexity index is 43.7. The second kappa shape index (κ2) is 5.07. The summed E-state index contributed by atoms with van der Waals surface area (Å²) in [5.41, 5.74) is 0. The Hall–Kier alpha value is -0.0700. The van der Waals surface area contributed by atoms with Gasteiger partial charge in [0.15, 0.2) is 0 Å². The molecule has 0 fully saturated rings. The molecule has 0 aliphatic rings. The molecule has 0 saturated heterocycles. The molecule has 0 amide bonds. The van der Waals surface area contributed by atoms with Crippen molar-refractivity contribution in [3.63, 3.8) is 0 Å². The first kappa shape index (κ1) is 7.93. The van der Waals surface area contributed by atoms with Gasteiger partial charge in [0.25, 0.3) is 0 Å².